The quantitative estimate of drug-likeness (QED) is 0.175. The second-order valence-corrected chi connectivity index (χ2v) is 9.01. The van der Waals surface area contributed by atoms with Crippen LogP contribution in [0.5, 0.6) is 0 Å². The van der Waals surface area contributed by atoms with Gasteiger partial charge in [-0.1, -0.05) is 51.1 Å². The Kier molecular flexibility index (Phi) is 11.9. The highest BCUT2D eigenvalue weighted by atomic mass is 16.5. The Balaban J connectivity index is 2.88. The number of hydrogen-bond acceptors (Lipinski definition) is 5. The minimum atomic E-state index is -0.774. The Morgan fingerprint density at radius 1 is 1.19 bits per heavy atom. The van der Waals surface area contributed by atoms with Crippen LogP contribution in [0.1, 0.15) is 53.0 Å². The van der Waals surface area contributed by atoms with E-state index in [9.17, 15) is 19.6 Å². The molecule has 3 N–H and O–H groups in total. The Morgan fingerprint density at radius 2 is 1.84 bits per heavy atom. The summed E-state index contributed by atoms with van der Waals surface area (Å²) in [6, 6.07) is 8.40. The number of nitrogens with one attached hydrogen (secondary N) is 2. The van der Waals surface area contributed by atoms with Crippen LogP contribution >= 0.6 is 0 Å². The first kappa shape index (κ1) is 27.6. The predicted molar refractivity (Wildman–Crippen MR) is 123 cm³/mol. The zero-order valence-corrected chi connectivity index (χ0v) is 20.0. The molecule has 32 heavy (non-hydrogen) atoms. The van der Waals surface area contributed by atoms with Crippen molar-refractivity contribution < 1.29 is 24.3 Å². The Hall–Kier alpha value is -2.45. The van der Waals surface area contributed by atoms with Crippen molar-refractivity contribution in [3.05, 3.63) is 35.9 Å². The number of rotatable bonds is 14. The second-order valence-electron chi connectivity index (χ2n) is 9.01. The van der Waals surface area contributed by atoms with Crippen LogP contribution in [-0.4, -0.2) is 60.3 Å². The number of ether oxygens (including phenoxy) is 1. The third-order valence-corrected chi connectivity index (χ3v) is 5.43. The molecule has 0 aliphatic rings. The minimum Gasteiger partial charge on any atom is -0.380 e. The minimum absolute atomic E-state index is 0.294. The Labute approximate surface area is 191 Å². The van der Waals surface area contributed by atoms with Crippen molar-refractivity contribution in [3.8, 4) is 0 Å². The third-order valence-electron chi connectivity index (χ3n) is 5.43. The molecular weight excluding hydrogens is 410 g/mol. The summed E-state index contributed by atoms with van der Waals surface area (Å²) in [5, 5.41) is 16.1. The molecule has 0 fully saturated rings. The molecule has 1 aromatic carbocycles. The molecule has 8 heteroatoms. The van der Waals surface area contributed by atoms with Gasteiger partial charge in [-0.3, -0.25) is 19.6 Å². The average molecular weight is 450 g/mol. The first-order chi connectivity index (χ1) is 15.1. The average Bonchev–Trinajstić information content (AvgIpc) is 2.76. The summed E-state index contributed by atoms with van der Waals surface area (Å²) in [6.07, 6.45) is 2.21. The number of aryl methyl sites for hydroxylation is 1. The van der Waals surface area contributed by atoms with E-state index < -0.39 is 23.4 Å². The van der Waals surface area contributed by atoms with Crippen LogP contribution in [0, 0.1) is 11.3 Å². The zero-order valence-electron chi connectivity index (χ0n) is 20.0. The molecule has 3 amide bonds. The molecule has 2 unspecified atom stereocenters. The van der Waals surface area contributed by atoms with Crippen LogP contribution in [0.25, 0.3) is 0 Å². The van der Waals surface area contributed by atoms with E-state index in [1.165, 1.54) is 0 Å². The van der Waals surface area contributed by atoms with E-state index in [1.807, 2.05) is 58.0 Å². The number of benzene rings is 1. The van der Waals surface area contributed by atoms with Crippen LogP contribution < -0.4 is 10.6 Å². The highest BCUT2D eigenvalue weighted by molar-refractivity contribution is 5.89. The van der Waals surface area contributed by atoms with E-state index in [-0.39, 0.29) is 11.8 Å². The molecule has 0 bridgehead atoms. The molecule has 0 spiro atoms. The van der Waals surface area contributed by atoms with E-state index in [0.717, 1.165) is 12.0 Å². The summed E-state index contributed by atoms with van der Waals surface area (Å²) in [4.78, 5) is 37.1. The van der Waals surface area contributed by atoms with Crippen molar-refractivity contribution in [1.29, 1.82) is 0 Å². The van der Waals surface area contributed by atoms with E-state index in [4.69, 9.17) is 4.74 Å². The zero-order chi connectivity index (χ0) is 24.1. The van der Waals surface area contributed by atoms with Crippen molar-refractivity contribution in [2.24, 2.45) is 11.3 Å². The van der Waals surface area contributed by atoms with E-state index in [1.54, 1.807) is 6.92 Å². The molecule has 0 aliphatic heterocycles. The fraction of sp³-hybridized carbons (Fsp3) is 0.625. The molecule has 1 rings (SSSR count). The molecule has 8 nitrogen and oxygen atoms in total. The lowest BCUT2D eigenvalue weighted by Crippen LogP contribution is -2.56. The van der Waals surface area contributed by atoms with Gasteiger partial charge in [-0.15, -0.1) is 0 Å². The van der Waals surface area contributed by atoms with Crippen molar-refractivity contribution in [3.63, 3.8) is 0 Å². The fourth-order valence-corrected chi connectivity index (χ4v) is 3.46. The summed E-state index contributed by atoms with van der Waals surface area (Å²) < 4.78 is 5.25. The third kappa shape index (κ3) is 9.36. The summed E-state index contributed by atoms with van der Waals surface area (Å²) in [5.41, 5.74) is 0.615. The summed E-state index contributed by atoms with van der Waals surface area (Å²) in [5.74, 6) is -1.33. The number of nitrogens with zero attached hydrogens (tertiary/aromatic N) is 1. The van der Waals surface area contributed by atoms with Gasteiger partial charge in [-0.25, -0.2) is 5.06 Å². The van der Waals surface area contributed by atoms with Gasteiger partial charge in [0.25, 0.3) is 0 Å². The lowest BCUT2D eigenvalue weighted by Gasteiger charge is -2.33. The highest BCUT2D eigenvalue weighted by Gasteiger charge is 2.36. The predicted octanol–water partition coefficient (Wildman–Crippen LogP) is 2.55. The Bertz CT molecular complexity index is 705. The first-order valence-corrected chi connectivity index (χ1v) is 11.2. The van der Waals surface area contributed by atoms with E-state index in [2.05, 4.69) is 10.6 Å². The van der Waals surface area contributed by atoms with Crippen LogP contribution in [0.2, 0.25) is 0 Å². The number of hydroxylamine groups is 2. The highest BCUT2D eigenvalue weighted by Crippen LogP contribution is 2.23. The summed E-state index contributed by atoms with van der Waals surface area (Å²) in [7, 11) is 0. The topological polar surface area (TPSA) is 108 Å². The van der Waals surface area contributed by atoms with Gasteiger partial charge in [0.2, 0.25) is 18.2 Å². The van der Waals surface area contributed by atoms with Gasteiger partial charge in [0, 0.05) is 13.2 Å². The number of hydrogen-bond donors (Lipinski definition) is 3. The lowest BCUT2D eigenvalue weighted by molar-refractivity contribution is -0.166. The maximum atomic E-state index is 13.2. The van der Waals surface area contributed by atoms with Gasteiger partial charge in [-0.2, -0.15) is 0 Å². The normalized spacial score (nSPS) is 14.2. The van der Waals surface area contributed by atoms with Gasteiger partial charge in [-0.05, 0) is 44.1 Å². The molecule has 3 atom stereocenters. The molecule has 0 saturated carbocycles. The number of amides is 3. The van der Waals surface area contributed by atoms with E-state index in [0.29, 0.717) is 44.1 Å². The van der Waals surface area contributed by atoms with E-state index >= 15 is 0 Å². The van der Waals surface area contributed by atoms with Gasteiger partial charge < -0.3 is 15.4 Å². The molecule has 180 valence electrons. The fourth-order valence-electron chi connectivity index (χ4n) is 3.46. The number of carbonyl (C=O) groups is 3. The van der Waals surface area contributed by atoms with Crippen molar-refractivity contribution in [2.75, 3.05) is 19.8 Å². The maximum absolute atomic E-state index is 13.2. The summed E-state index contributed by atoms with van der Waals surface area (Å²) >= 11 is 0. The van der Waals surface area contributed by atoms with Gasteiger partial charge in [0.05, 0.1) is 18.6 Å². The first-order valence-electron chi connectivity index (χ1n) is 11.2. The van der Waals surface area contributed by atoms with Crippen molar-refractivity contribution >= 4 is 18.2 Å². The van der Waals surface area contributed by atoms with Crippen molar-refractivity contribution in [1.82, 2.24) is 15.7 Å². The molecule has 0 saturated heterocycles. The van der Waals surface area contributed by atoms with Crippen molar-refractivity contribution in [2.45, 2.75) is 66.0 Å². The van der Waals surface area contributed by atoms with Gasteiger partial charge >= 0.3 is 0 Å². The number of carbonyl (C=O) groups excluding carboxylic acids is 3. The largest absolute Gasteiger partial charge is 0.380 e. The monoisotopic (exact) mass is 449 g/mol. The van der Waals surface area contributed by atoms with Crippen LogP contribution in [0.15, 0.2) is 30.3 Å². The molecule has 0 heterocycles. The molecule has 0 aromatic heterocycles. The Morgan fingerprint density at radius 3 is 2.41 bits per heavy atom. The SMILES string of the molecule is CCOCCNC(=O)C(NC(=O)C(CCCc1ccccc1)[C@H](C)N(O)C=O)C(C)(C)C. The van der Waals surface area contributed by atoms with Crippen LogP contribution in [-0.2, 0) is 25.5 Å². The van der Waals surface area contributed by atoms with Crippen LogP contribution in [0.3, 0.4) is 0 Å². The lowest BCUT2D eigenvalue weighted by atomic mass is 9.84. The van der Waals surface area contributed by atoms with Crippen LogP contribution in [0.4, 0.5) is 0 Å². The second kappa shape index (κ2) is 13.9. The standard InChI is InChI=1S/C24H39N3O5/c1-6-32-16-15-25-23(30)21(24(3,4)5)26-22(29)20(18(2)27(31)17-28)14-10-13-19-11-8-7-9-12-19/h7-9,11-12,17-18,20-21,31H,6,10,13-16H2,1-5H3,(H,25,30)(H,26,29)/t18-,20?,21?/m0/s1. The molecule has 0 aliphatic carbocycles. The summed E-state index contributed by atoms with van der Waals surface area (Å²) in [6.45, 7) is 10.4. The molecule has 1 aromatic rings. The smallest absolute Gasteiger partial charge is 0.243 e. The van der Waals surface area contributed by atoms with Gasteiger partial charge in [0.15, 0.2) is 0 Å². The molecular formula is C24H39N3O5. The van der Waals surface area contributed by atoms with Gasteiger partial charge in [0.1, 0.15) is 6.04 Å². The maximum Gasteiger partial charge on any atom is 0.243 e. The molecule has 0 radical (unpaired) electrons.